The Morgan fingerprint density at radius 3 is 2.59 bits per heavy atom. The third kappa shape index (κ3) is 2.54. The van der Waals surface area contributed by atoms with Gasteiger partial charge in [-0.2, -0.15) is 0 Å². The molecule has 1 spiro atoms. The Bertz CT molecular complexity index is 552. The number of halogens is 2. The van der Waals surface area contributed by atoms with Crippen LogP contribution in [0.3, 0.4) is 0 Å². The average Bonchev–Trinajstić information content (AvgIpc) is 2.80. The fourth-order valence-corrected chi connectivity index (χ4v) is 4.46. The Hall–Kier alpha value is -1.08. The number of alkyl halides is 2. The molecule has 2 N–H and O–H groups in total. The molecule has 1 saturated heterocycles. The van der Waals surface area contributed by atoms with Crippen LogP contribution in [0.4, 0.5) is 8.78 Å². The highest BCUT2D eigenvalue weighted by atomic mass is 19.3. The molecule has 0 bridgehead atoms. The number of piperidine rings is 1. The van der Waals surface area contributed by atoms with Crippen LogP contribution in [0.1, 0.15) is 50.1 Å². The number of nitrogens with one attached hydrogen (secondary N) is 1. The molecule has 2 heterocycles. The van der Waals surface area contributed by atoms with Crippen molar-refractivity contribution in [3.05, 3.63) is 11.9 Å². The molecular formula is C15H22F2N4O. The smallest absolute Gasteiger partial charge is 0.249 e. The maximum atomic E-state index is 13.0. The van der Waals surface area contributed by atoms with Crippen molar-refractivity contribution in [1.29, 1.82) is 0 Å². The van der Waals surface area contributed by atoms with Crippen molar-refractivity contribution in [2.24, 2.45) is 5.41 Å². The molecule has 5 nitrogen and oxygen atoms in total. The molecular weight excluding hydrogens is 290 g/mol. The van der Waals surface area contributed by atoms with Crippen LogP contribution in [0.15, 0.2) is 6.20 Å². The standard InChI is InChI=1S/C15H22F2N4O/c16-15(17)8-13(9-15)5-11(6-13)12-7-21(20-19-12)10-14(22)1-3-18-4-2-14/h7,11,18,22H,1-6,8-10H2. The molecule has 0 radical (unpaired) electrons. The lowest BCUT2D eigenvalue weighted by molar-refractivity contribution is -0.196. The molecule has 0 amide bonds. The van der Waals surface area contributed by atoms with Gasteiger partial charge in [-0.05, 0) is 44.2 Å². The summed E-state index contributed by atoms with van der Waals surface area (Å²) in [6.07, 6.45) is 4.99. The second-order valence-electron chi connectivity index (χ2n) is 7.63. The Labute approximate surface area is 128 Å². The Balaban J connectivity index is 1.35. The monoisotopic (exact) mass is 312 g/mol. The zero-order valence-corrected chi connectivity index (χ0v) is 12.6. The third-order valence-electron chi connectivity index (χ3n) is 5.59. The second-order valence-corrected chi connectivity index (χ2v) is 7.63. The van der Waals surface area contributed by atoms with Crippen molar-refractivity contribution in [3.8, 4) is 0 Å². The first-order valence-electron chi connectivity index (χ1n) is 8.08. The number of hydrogen-bond acceptors (Lipinski definition) is 4. The number of hydrogen-bond donors (Lipinski definition) is 2. The predicted molar refractivity (Wildman–Crippen MR) is 75.7 cm³/mol. The molecule has 22 heavy (non-hydrogen) atoms. The van der Waals surface area contributed by atoms with E-state index in [1.807, 2.05) is 6.20 Å². The van der Waals surface area contributed by atoms with Crippen LogP contribution in [0.5, 0.6) is 0 Å². The summed E-state index contributed by atoms with van der Waals surface area (Å²) in [5, 5.41) is 22.1. The molecule has 1 aromatic heterocycles. The highest BCUT2D eigenvalue weighted by molar-refractivity contribution is 5.17. The fourth-order valence-electron chi connectivity index (χ4n) is 4.46. The van der Waals surface area contributed by atoms with Crippen LogP contribution in [0, 0.1) is 5.41 Å². The first kappa shape index (κ1) is 14.5. The first-order valence-corrected chi connectivity index (χ1v) is 8.08. The highest BCUT2D eigenvalue weighted by Crippen LogP contribution is 2.66. The Morgan fingerprint density at radius 1 is 1.27 bits per heavy atom. The minimum atomic E-state index is -2.44. The van der Waals surface area contributed by atoms with Gasteiger partial charge in [-0.15, -0.1) is 5.10 Å². The molecule has 0 unspecified atom stereocenters. The molecule has 0 aromatic carbocycles. The topological polar surface area (TPSA) is 63.0 Å². The molecule has 0 atom stereocenters. The quantitative estimate of drug-likeness (QED) is 0.891. The van der Waals surface area contributed by atoms with E-state index in [9.17, 15) is 13.9 Å². The molecule has 1 aromatic rings. The van der Waals surface area contributed by atoms with Crippen LogP contribution in [-0.2, 0) is 6.54 Å². The first-order chi connectivity index (χ1) is 10.4. The van der Waals surface area contributed by atoms with Crippen LogP contribution in [-0.4, -0.2) is 44.7 Å². The van der Waals surface area contributed by atoms with E-state index in [2.05, 4.69) is 15.6 Å². The van der Waals surface area contributed by atoms with Crippen molar-refractivity contribution in [3.63, 3.8) is 0 Å². The Kier molecular flexibility index (Phi) is 3.10. The summed E-state index contributed by atoms with van der Waals surface area (Å²) < 4.78 is 27.8. The minimum Gasteiger partial charge on any atom is -0.388 e. The zero-order valence-electron chi connectivity index (χ0n) is 12.6. The van der Waals surface area contributed by atoms with E-state index in [1.54, 1.807) is 4.68 Å². The molecule has 3 fully saturated rings. The van der Waals surface area contributed by atoms with E-state index in [0.29, 0.717) is 19.4 Å². The number of nitrogens with zero attached hydrogens (tertiary/aromatic N) is 3. The van der Waals surface area contributed by atoms with Gasteiger partial charge in [0, 0.05) is 25.0 Å². The maximum absolute atomic E-state index is 13.0. The fraction of sp³-hybridized carbons (Fsp3) is 0.867. The Morgan fingerprint density at radius 2 is 1.95 bits per heavy atom. The zero-order chi connectivity index (χ0) is 15.4. The lowest BCUT2D eigenvalue weighted by atomic mass is 9.50. The molecule has 2 saturated carbocycles. The highest BCUT2D eigenvalue weighted by Gasteiger charge is 2.62. The normalized spacial score (nSPS) is 29.0. The van der Waals surface area contributed by atoms with Crippen LogP contribution >= 0.6 is 0 Å². The number of aliphatic hydroxyl groups is 1. The van der Waals surface area contributed by atoms with Crippen molar-refractivity contribution in [1.82, 2.24) is 20.3 Å². The van der Waals surface area contributed by atoms with Crippen molar-refractivity contribution < 1.29 is 13.9 Å². The molecule has 2 aliphatic carbocycles. The van der Waals surface area contributed by atoms with Gasteiger partial charge in [0.25, 0.3) is 0 Å². The SMILES string of the molecule is OC1(Cn2cc(C3CC4(C3)CC(F)(F)C4)nn2)CCNCC1. The van der Waals surface area contributed by atoms with Gasteiger partial charge in [0.1, 0.15) is 0 Å². The van der Waals surface area contributed by atoms with Crippen LogP contribution in [0.25, 0.3) is 0 Å². The summed E-state index contributed by atoms with van der Waals surface area (Å²) >= 11 is 0. The van der Waals surface area contributed by atoms with Gasteiger partial charge >= 0.3 is 0 Å². The number of aromatic nitrogens is 3. The third-order valence-corrected chi connectivity index (χ3v) is 5.59. The summed E-state index contributed by atoms with van der Waals surface area (Å²) in [4.78, 5) is 0. The van der Waals surface area contributed by atoms with Crippen LogP contribution in [0.2, 0.25) is 0 Å². The van der Waals surface area contributed by atoms with Gasteiger partial charge < -0.3 is 10.4 Å². The van der Waals surface area contributed by atoms with E-state index >= 15 is 0 Å². The summed E-state index contributed by atoms with van der Waals surface area (Å²) in [5.41, 5.74) is 0.0384. The van der Waals surface area contributed by atoms with E-state index < -0.39 is 11.5 Å². The van der Waals surface area contributed by atoms with Gasteiger partial charge in [-0.25, -0.2) is 13.5 Å². The lowest BCUT2D eigenvalue weighted by Crippen LogP contribution is -2.52. The number of rotatable bonds is 3. The van der Waals surface area contributed by atoms with E-state index in [0.717, 1.165) is 31.6 Å². The summed E-state index contributed by atoms with van der Waals surface area (Å²) in [7, 11) is 0. The molecule has 7 heteroatoms. The summed E-state index contributed by atoms with van der Waals surface area (Å²) in [5.74, 6) is -2.19. The predicted octanol–water partition coefficient (Wildman–Crippen LogP) is 1.69. The molecule has 122 valence electrons. The molecule has 3 aliphatic rings. The van der Waals surface area contributed by atoms with Gasteiger partial charge in [0.05, 0.1) is 17.8 Å². The van der Waals surface area contributed by atoms with Gasteiger partial charge in [-0.3, -0.25) is 0 Å². The molecule has 1 aliphatic heterocycles. The van der Waals surface area contributed by atoms with Crippen molar-refractivity contribution >= 4 is 0 Å². The second kappa shape index (κ2) is 4.71. The largest absolute Gasteiger partial charge is 0.388 e. The average molecular weight is 312 g/mol. The van der Waals surface area contributed by atoms with E-state index in [-0.39, 0.29) is 24.2 Å². The van der Waals surface area contributed by atoms with Crippen molar-refractivity contribution in [2.45, 2.75) is 62.5 Å². The van der Waals surface area contributed by atoms with Gasteiger partial charge in [-0.1, -0.05) is 5.21 Å². The maximum Gasteiger partial charge on any atom is 0.249 e. The lowest BCUT2D eigenvalue weighted by Gasteiger charge is -2.56. The van der Waals surface area contributed by atoms with E-state index in [1.165, 1.54) is 0 Å². The van der Waals surface area contributed by atoms with Crippen LogP contribution < -0.4 is 5.32 Å². The van der Waals surface area contributed by atoms with Crippen molar-refractivity contribution in [2.75, 3.05) is 13.1 Å². The van der Waals surface area contributed by atoms with Gasteiger partial charge in [0.15, 0.2) is 0 Å². The summed E-state index contributed by atoms with van der Waals surface area (Å²) in [6.45, 7) is 2.09. The summed E-state index contributed by atoms with van der Waals surface area (Å²) in [6, 6.07) is 0. The molecule has 4 rings (SSSR count). The minimum absolute atomic E-state index is 0.0391. The van der Waals surface area contributed by atoms with E-state index in [4.69, 9.17) is 0 Å². The van der Waals surface area contributed by atoms with Gasteiger partial charge in [0.2, 0.25) is 5.92 Å².